The highest BCUT2D eigenvalue weighted by Gasteiger charge is 2.23. The van der Waals surface area contributed by atoms with E-state index in [1.54, 1.807) is 26.4 Å². The molecule has 25 heavy (non-hydrogen) atoms. The van der Waals surface area contributed by atoms with Crippen molar-refractivity contribution >= 4 is 34.8 Å². The van der Waals surface area contributed by atoms with Crippen LogP contribution >= 0.6 is 34.8 Å². The van der Waals surface area contributed by atoms with E-state index in [9.17, 15) is 0 Å². The number of hydrogen-bond acceptors (Lipinski definition) is 4. The third kappa shape index (κ3) is 3.93. The fourth-order valence-corrected chi connectivity index (χ4v) is 3.50. The van der Waals surface area contributed by atoms with Crippen molar-refractivity contribution in [3.05, 3.63) is 50.5 Å². The molecule has 1 aliphatic heterocycles. The van der Waals surface area contributed by atoms with Gasteiger partial charge in [0, 0.05) is 6.07 Å². The van der Waals surface area contributed by atoms with Gasteiger partial charge < -0.3 is 19.5 Å². The molecular weight excluding hydrogens is 385 g/mol. The maximum Gasteiger partial charge on any atom is 0.161 e. The molecule has 1 unspecified atom stereocenters. The number of ether oxygens (including phenoxy) is 3. The molecule has 0 saturated heterocycles. The molecule has 0 amide bonds. The van der Waals surface area contributed by atoms with Gasteiger partial charge in [-0.05, 0) is 42.3 Å². The molecule has 0 fully saturated rings. The van der Waals surface area contributed by atoms with Gasteiger partial charge in [-0.2, -0.15) is 0 Å². The molecule has 0 aliphatic carbocycles. The Morgan fingerprint density at radius 3 is 2.32 bits per heavy atom. The Kier molecular flexibility index (Phi) is 5.85. The summed E-state index contributed by atoms with van der Waals surface area (Å²) in [6, 6.07) is 7.23. The van der Waals surface area contributed by atoms with Gasteiger partial charge in [0.15, 0.2) is 11.5 Å². The molecule has 2 aromatic carbocycles. The number of methoxy groups -OCH3 is 2. The maximum absolute atomic E-state index is 6.18. The Labute approximate surface area is 161 Å². The lowest BCUT2D eigenvalue weighted by Crippen LogP contribution is -2.33. The van der Waals surface area contributed by atoms with E-state index in [1.807, 2.05) is 12.1 Å². The predicted molar refractivity (Wildman–Crippen MR) is 101 cm³/mol. The predicted octanol–water partition coefficient (Wildman–Crippen LogP) is 4.93. The summed E-state index contributed by atoms with van der Waals surface area (Å²) in [5.74, 6) is 1.93. The average molecular weight is 403 g/mol. The Hall–Kier alpha value is -1.33. The van der Waals surface area contributed by atoms with E-state index >= 15 is 0 Å². The first-order valence-electron chi connectivity index (χ1n) is 7.79. The summed E-state index contributed by atoms with van der Waals surface area (Å²) >= 11 is 18.2. The molecule has 0 aromatic heterocycles. The van der Waals surface area contributed by atoms with Crippen molar-refractivity contribution in [1.82, 2.24) is 5.32 Å². The van der Waals surface area contributed by atoms with Crippen LogP contribution in [-0.2, 0) is 6.42 Å². The number of nitrogens with one attached hydrogen (secondary N) is 1. The van der Waals surface area contributed by atoms with Gasteiger partial charge >= 0.3 is 0 Å². The summed E-state index contributed by atoms with van der Waals surface area (Å²) in [4.78, 5) is 0. The SMILES string of the molecule is COc1cc2c(cc1OC)C(COc1cc(Cl)c(Cl)cc1Cl)NCC2. The molecule has 0 spiro atoms. The zero-order chi connectivity index (χ0) is 18.0. The summed E-state index contributed by atoms with van der Waals surface area (Å²) in [6.45, 7) is 1.26. The minimum atomic E-state index is 0.00840. The van der Waals surface area contributed by atoms with Gasteiger partial charge in [0.2, 0.25) is 0 Å². The second kappa shape index (κ2) is 7.92. The molecule has 2 aromatic rings. The molecule has 1 N–H and O–H groups in total. The van der Waals surface area contributed by atoms with E-state index in [4.69, 9.17) is 49.0 Å². The topological polar surface area (TPSA) is 39.7 Å². The second-order valence-electron chi connectivity index (χ2n) is 5.67. The first-order valence-corrected chi connectivity index (χ1v) is 8.92. The summed E-state index contributed by atoms with van der Waals surface area (Å²) in [5, 5.41) is 4.69. The van der Waals surface area contributed by atoms with Crippen LogP contribution in [0.25, 0.3) is 0 Å². The molecule has 0 radical (unpaired) electrons. The normalized spacial score (nSPS) is 16.3. The molecule has 1 heterocycles. The van der Waals surface area contributed by atoms with Crippen molar-refractivity contribution in [3.63, 3.8) is 0 Å². The van der Waals surface area contributed by atoms with E-state index < -0.39 is 0 Å². The Balaban J connectivity index is 1.83. The standard InChI is InChI=1S/C18H18Cl3NO3/c1-23-17-5-10-3-4-22-15(11(10)6-18(17)24-2)9-25-16-8-13(20)12(19)7-14(16)21/h5-8,15,22H,3-4,9H2,1-2H3. The minimum Gasteiger partial charge on any atom is -0.493 e. The maximum atomic E-state index is 6.18. The van der Waals surface area contributed by atoms with Crippen LogP contribution in [0.2, 0.25) is 15.1 Å². The summed E-state index contributed by atoms with van der Waals surface area (Å²) in [6.07, 6.45) is 0.916. The Morgan fingerprint density at radius 1 is 0.920 bits per heavy atom. The van der Waals surface area contributed by atoms with Gasteiger partial charge in [0.05, 0.1) is 35.3 Å². The van der Waals surface area contributed by atoms with E-state index in [1.165, 1.54) is 5.56 Å². The van der Waals surface area contributed by atoms with Crippen LogP contribution in [0.3, 0.4) is 0 Å². The molecule has 1 atom stereocenters. The van der Waals surface area contributed by atoms with Crippen LogP contribution < -0.4 is 19.5 Å². The molecule has 134 valence electrons. The van der Waals surface area contributed by atoms with Crippen molar-refractivity contribution in [1.29, 1.82) is 0 Å². The quantitative estimate of drug-likeness (QED) is 0.720. The third-order valence-corrected chi connectivity index (χ3v) is 5.20. The van der Waals surface area contributed by atoms with Gasteiger partial charge in [0.1, 0.15) is 12.4 Å². The van der Waals surface area contributed by atoms with E-state index in [0.717, 1.165) is 24.3 Å². The van der Waals surface area contributed by atoms with Gasteiger partial charge in [-0.1, -0.05) is 34.8 Å². The number of benzene rings is 2. The van der Waals surface area contributed by atoms with Crippen LogP contribution in [0.15, 0.2) is 24.3 Å². The summed E-state index contributed by atoms with van der Waals surface area (Å²) < 4.78 is 16.7. The zero-order valence-corrected chi connectivity index (χ0v) is 16.1. The Bertz CT molecular complexity index is 783. The van der Waals surface area contributed by atoms with Crippen molar-refractivity contribution in [2.45, 2.75) is 12.5 Å². The number of hydrogen-bond donors (Lipinski definition) is 1. The van der Waals surface area contributed by atoms with Crippen LogP contribution in [0.5, 0.6) is 17.2 Å². The molecule has 0 saturated carbocycles. The van der Waals surface area contributed by atoms with E-state index in [-0.39, 0.29) is 6.04 Å². The average Bonchev–Trinajstić information content (AvgIpc) is 2.62. The highest BCUT2D eigenvalue weighted by Crippen LogP contribution is 2.37. The van der Waals surface area contributed by atoms with Crippen LogP contribution in [0.4, 0.5) is 0 Å². The fourth-order valence-electron chi connectivity index (χ4n) is 2.91. The lowest BCUT2D eigenvalue weighted by molar-refractivity contribution is 0.260. The van der Waals surface area contributed by atoms with Gasteiger partial charge in [-0.25, -0.2) is 0 Å². The first-order chi connectivity index (χ1) is 12.0. The number of fused-ring (bicyclic) bond motifs is 1. The minimum absolute atomic E-state index is 0.00840. The largest absolute Gasteiger partial charge is 0.493 e. The molecule has 1 aliphatic rings. The summed E-state index contributed by atoms with van der Waals surface area (Å²) in [5.41, 5.74) is 2.34. The number of rotatable bonds is 5. The van der Waals surface area contributed by atoms with Gasteiger partial charge in [0.25, 0.3) is 0 Å². The number of halogens is 3. The van der Waals surface area contributed by atoms with Crippen molar-refractivity contribution < 1.29 is 14.2 Å². The third-order valence-electron chi connectivity index (χ3n) is 4.19. The summed E-state index contributed by atoms with van der Waals surface area (Å²) in [7, 11) is 3.26. The van der Waals surface area contributed by atoms with Crippen molar-refractivity contribution in [2.75, 3.05) is 27.4 Å². The highest BCUT2D eigenvalue weighted by atomic mass is 35.5. The molecular formula is C18H18Cl3NO3. The zero-order valence-electron chi connectivity index (χ0n) is 13.9. The lowest BCUT2D eigenvalue weighted by atomic mass is 9.94. The fraction of sp³-hybridized carbons (Fsp3) is 0.333. The second-order valence-corrected chi connectivity index (χ2v) is 6.89. The molecule has 3 rings (SSSR count). The van der Waals surface area contributed by atoms with E-state index in [0.29, 0.717) is 33.2 Å². The molecule has 0 bridgehead atoms. The van der Waals surface area contributed by atoms with Crippen LogP contribution in [0, 0.1) is 0 Å². The van der Waals surface area contributed by atoms with Crippen molar-refractivity contribution in [3.8, 4) is 17.2 Å². The highest BCUT2D eigenvalue weighted by molar-refractivity contribution is 6.43. The van der Waals surface area contributed by atoms with Crippen molar-refractivity contribution in [2.24, 2.45) is 0 Å². The molecule has 4 nitrogen and oxygen atoms in total. The smallest absolute Gasteiger partial charge is 0.161 e. The van der Waals surface area contributed by atoms with E-state index in [2.05, 4.69) is 5.32 Å². The first kappa shape index (κ1) is 18.5. The monoisotopic (exact) mass is 401 g/mol. The lowest BCUT2D eigenvalue weighted by Gasteiger charge is -2.28. The Morgan fingerprint density at radius 2 is 1.60 bits per heavy atom. The molecule has 7 heteroatoms. The van der Waals surface area contributed by atoms with Crippen LogP contribution in [-0.4, -0.2) is 27.4 Å². The van der Waals surface area contributed by atoms with Gasteiger partial charge in [-0.15, -0.1) is 0 Å². The van der Waals surface area contributed by atoms with Crippen LogP contribution in [0.1, 0.15) is 17.2 Å². The van der Waals surface area contributed by atoms with Gasteiger partial charge in [-0.3, -0.25) is 0 Å².